The first-order valence-corrected chi connectivity index (χ1v) is 7.39. The zero-order chi connectivity index (χ0) is 17.8. The lowest BCUT2D eigenvalue weighted by Gasteiger charge is -2.11. The lowest BCUT2D eigenvalue weighted by atomic mass is 10.1. The average molecular weight is 337 g/mol. The Labute approximate surface area is 143 Å². The summed E-state index contributed by atoms with van der Waals surface area (Å²) < 4.78 is 6.24. The van der Waals surface area contributed by atoms with E-state index in [-0.39, 0.29) is 11.3 Å². The fourth-order valence-corrected chi connectivity index (χ4v) is 2.22. The Balaban J connectivity index is 1.94. The standard InChI is InChI=1S/C17H15N5O3/c1-22-16(23)8-7-13(21-22)11-5-3-4-6-12(11)20-17(24)14-9-15(25-2)19-10-18-14/h3-10H,1-2H3,(H,20,24). The van der Waals surface area contributed by atoms with Crippen molar-refractivity contribution in [3.8, 4) is 17.1 Å². The van der Waals surface area contributed by atoms with Crippen LogP contribution in [0.3, 0.4) is 0 Å². The van der Waals surface area contributed by atoms with Crippen molar-refractivity contribution in [2.24, 2.45) is 7.05 Å². The molecule has 8 nitrogen and oxygen atoms in total. The highest BCUT2D eigenvalue weighted by molar-refractivity contribution is 6.05. The second-order valence-corrected chi connectivity index (χ2v) is 5.13. The molecule has 25 heavy (non-hydrogen) atoms. The molecule has 0 aliphatic heterocycles. The summed E-state index contributed by atoms with van der Waals surface area (Å²) in [5, 5.41) is 7.02. The van der Waals surface area contributed by atoms with Crippen LogP contribution in [-0.2, 0) is 7.05 Å². The monoisotopic (exact) mass is 337 g/mol. The molecule has 8 heteroatoms. The molecule has 126 valence electrons. The zero-order valence-corrected chi connectivity index (χ0v) is 13.6. The molecule has 0 saturated carbocycles. The first-order chi connectivity index (χ1) is 12.1. The molecule has 3 aromatic rings. The van der Waals surface area contributed by atoms with E-state index in [4.69, 9.17) is 4.74 Å². The van der Waals surface area contributed by atoms with Crippen LogP contribution in [0, 0.1) is 0 Å². The summed E-state index contributed by atoms with van der Waals surface area (Å²) in [7, 11) is 3.03. The van der Waals surface area contributed by atoms with Crippen LogP contribution in [0.5, 0.6) is 5.88 Å². The summed E-state index contributed by atoms with van der Waals surface area (Å²) in [4.78, 5) is 31.8. The predicted molar refractivity (Wildman–Crippen MR) is 91.5 cm³/mol. The minimum atomic E-state index is -0.405. The van der Waals surface area contributed by atoms with Gasteiger partial charge in [0.25, 0.3) is 11.5 Å². The van der Waals surface area contributed by atoms with Gasteiger partial charge in [-0.1, -0.05) is 18.2 Å². The van der Waals surface area contributed by atoms with Gasteiger partial charge in [-0.15, -0.1) is 0 Å². The Hall–Kier alpha value is -3.55. The molecular formula is C17H15N5O3. The lowest BCUT2D eigenvalue weighted by molar-refractivity contribution is 0.102. The van der Waals surface area contributed by atoms with Gasteiger partial charge in [0.1, 0.15) is 12.0 Å². The minimum absolute atomic E-state index is 0.176. The number of ether oxygens (including phenoxy) is 1. The van der Waals surface area contributed by atoms with E-state index >= 15 is 0 Å². The van der Waals surface area contributed by atoms with E-state index in [9.17, 15) is 9.59 Å². The van der Waals surface area contributed by atoms with Crippen molar-refractivity contribution in [2.75, 3.05) is 12.4 Å². The molecule has 3 rings (SSSR count). The highest BCUT2D eigenvalue weighted by atomic mass is 16.5. The highest BCUT2D eigenvalue weighted by Crippen LogP contribution is 2.25. The third-order valence-electron chi connectivity index (χ3n) is 3.50. The van der Waals surface area contributed by atoms with Gasteiger partial charge in [-0.25, -0.2) is 14.6 Å². The summed E-state index contributed by atoms with van der Waals surface area (Å²) in [5.41, 5.74) is 1.77. The van der Waals surface area contributed by atoms with Crippen molar-refractivity contribution in [2.45, 2.75) is 0 Å². The average Bonchev–Trinajstić information content (AvgIpc) is 2.64. The smallest absolute Gasteiger partial charge is 0.274 e. The van der Waals surface area contributed by atoms with Gasteiger partial charge in [0.15, 0.2) is 0 Å². The maximum absolute atomic E-state index is 12.5. The van der Waals surface area contributed by atoms with Gasteiger partial charge in [0.2, 0.25) is 5.88 Å². The second kappa shape index (κ2) is 6.91. The SMILES string of the molecule is COc1cc(C(=O)Nc2ccccc2-c2ccc(=O)n(C)n2)ncn1. The molecular weight excluding hydrogens is 322 g/mol. The Morgan fingerprint density at radius 2 is 1.96 bits per heavy atom. The van der Waals surface area contributed by atoms with Gasteiger partial charge in [0.05, 0.1) is 18.5 Å². The van der Waals surface area contributed by atoms with Gasteiger partial charge in [-0.3, -0.25) is 9.59 Å². The van der Waals surface area contributed by atoms with Crippen molar-refractivity contribution < 1.29 is 9.53 Å². The number of nitrogens with one attached hydrogen (secondary N) is 1. The number of nitrogens with zero attached hydrogens (tertiary/aromatic N) is 4. The molecule has 1 N–H and O–H groups in total. The Kier molecular flexibility index (Phi) is 4.51. The Bertz CT molecular complexity index is 984. The molecule has 2 aromatic heterocycles. The molecule has 0 unspecified atom stereocenters. The molecule has 0 saturated heterocycles. The summed E-state index contributed by atoms with van der Waals surface area (Å²) in [5.74, 6) is -0.105. The van der Waals surface area contributed by atoms with Gasteiger partial charge < -0.3 is 10.1 Å². The number of methoxy groups -OCH3 is 1. The molecule has 0 radical (unpaired) electrons. The largest absolute Gasteiger partial charge is 0.481 e. The van der Waals surface area contributed by atoms with Crippen LogP contribution in [0.1, 0.15) is 10.5 Å². The number of carbonyl (C=O) groups excluding carboxylic acids is 1. The van der Waals surface area contributed by atoms with Crippen LogP contribution in [0.4, 0.5) is 5.69 Å². The summed E-state index contributed by atoms with van der Waals surface area (Å²) in [6, 6.07) is 11.7. The van der Waals surface area contributed by atoms with Crippen LogP contribution in [0.2, 0.25) is 0 Å². The molecule has 2 heterocycles. The number of amides is 1. The molecule has 1 amide bonds. The van der Waals surface area contributed by atoms with Crippen molar-refractivity contribution in [3.63, 3.8) is 0 Å². The number of anilines is 1. The molecule has 1 aromatic carbocycles. The number of para-hydroxylation sites is 1. The van der Waals surface area contributed by atoms with Crippen LogP contribution in [0.25, 0.3) is 11.3 Å². The van der Waals surface area contributed by atoms with E-state index in [1.54, 1.807) is 25.2 Å². The summed E-state index contributed by atoms with van der Waals surface area (Å²) in [6.07, 6.45) is 1.26. The van der Waals surface area contributed by atoms with Gasteiger partial charge >= 0.3 is 0 Å². The van der Waals surface area contributed by atoms with Gasteiger partial charge in [-0.05, 0) is 12.1 Å². The van der Waals surface area contributed by atoms with E-state index in [1.807, 2.05) is 12.1 Å². The molecule has 0 aliphatic carbocycles. The first kappa shape index (κ1) is 16.3. The lowest BCUT2D eigenvalue weighted by Crippen LogP contribution is -2.19. The van der Waals surface area contributed by atoms with Crippen molar-refractivity contribution in [1.29, 1.82) is 0 Å². The first-order valence-electron chi connectivity index (χ1n) is 7.39. The van der Waals surface area contributed by atoms with E-state index in [1.165, 1.54) is 30.3 Å². The van der Waals surface area contributed by atoms with E-state index in [0.717, 1.165) is 0 Å². The van der Waals surface area contributed by atoms with Crippen molar-refractivity contribution in [1.82, 2.24) is 19.7 Å². The molecule has 0 aliphatic rings. The summed E-state index contributed by atoms with van der Waals surface area (Å²) in [6.45, 7) is 0. The fourth-order valence-electron chi connectivity index (χ4n) is 2.22. The number of hydrogen-bond acceptors (Lipinski definition) is 6. The zero-order valence-electron chi connectivity index (χ0n) is 13.6. The Morgan fingerprint density at radius 1 is 1.16 bits per heavy atom. The van der Waals surface area contributed by atoms with E-state index in [0.29, 0.717) is 22.8 Å². The number of aromatic nitrogens is 4. The normalized spacial score (nSPS) is 10.3. The minimum Gasteiger partial charge on any atom is -0.481 e. The number of rotatable bonds is 4. The van der Waals surface area contributed by atoms with Gasteiger partial charge in [-0.2, -0.15) is 5.10 Å². The maximum atomic E-state index is 12.5. The van der Waals surface area contributed by atoms with Crippen molar-refractivity contribution in [3.05, 3.63) is 64.8 Å². The molecule has 0 fully saturated rings. The van der Waals surface area contributed by atoms with Crippen LogP contribution < -0.4 is 15.6 Å². The summed E-state index contributed by atoms with van der Waals surface area (Å²) >= 11 is 0. The van der Waals surface area contributed by atoms with Crippen molar-refractivity contribution >= 4 is 11.6 Å². The third kappa shape index (κ3) is 3.52. The third-order valence-corrected chi connectivity index (χ3v) is 3.50. The van der Waals surface area contributed by atoms with Crippen LogP contribution >= 0.6 is 0 Å². The highest BCUT2D eigenvalue weighted by Gasteiger charge is 2.13. The quantitative estimate of drug-likeness (QED) is 0.774. The van der Waals surface area contributed by atoms with Crippen LogP contribution in [0.15, 0.2) is 53.6 Å². The molecule has 0 atom stereocenters. The molecule has 0 spiro atoms. The predicted octanol–water partition coefficient (Wildman–Crippen LogP) is 1.50. The van der Waals surface area contributed by atoms with E-state index in [2.05, 4.69) is 20.4 Å². The number of carbonyl (C=O) groups is 1. The molecule has 0 bridgehead atoms. The Morgan fingerprint density at radius 3 is 2.72 bits per heavy atom. The van der Waals surface area contributed by atoms with Crippen LogP contribution in [-0.4, -0.2) is 32.8 Å². The number of hydrogen-bond donors (Lipinski definition) is 1. The van der Waals surface area contributed by atoms with E-state index < -0.39 is 5.91 Å². The maximum Gasteiger partial charge on any atom is 0.274 e. The second-order valence-electron chi connectivity index (χ2n) is 5.13. The topological polar surface area (TPSA) is 99.0 Å². The number of aryl methyl sites for hydroxylation is 1. The fraction of sp³-hybridized carbons (Fsp3) is 0.118. The van der Waals surface area contributed by atoms with Gasteiger partial charge in [0, 0.05) is 24.7 Å². The number of benzene rings is 1.